The van der Waals surface area contributed by atoms with Crippen LogP contribution in [-0.4, -0.2) is 35.2 Å². The molecular formula is C16H23NO. The predicted octanol–water partition coefficient (Wildman–Crippen LogP) is 2.78. The van der Waals surface area contributed by atoms with Crippen molar-refractivity contribution in [3.8, 4) is 0 Å². The molecule has 1 saturated carbocycles. The molecule has 18 heavy (non-hydrogen) atoms. The van der Waals surface area contributed by atoms with Crippen LogP contribution in [0.25, 0.3) is 0 Å². The largest absolute Gasteiger partial charge is 0.391 e. The third kappa shape index (κ3) is 2.45. The second-order valence-electron chi connectivity index (χ2n) is 5.81. The summed E-state index contributed by atoms with van der Waals surface area (Å²) >= 11 is 0. The molecule has 0 bridgehead atoms. The number of aliphatic hydroxyl groups is 1. The molecule has 0 unspecified atom stereocenters. The first-order valence-electron chi connectivity index (χ1n) is 7.31. The monoisotopic (exact) mass is 245 g/mol. The third-order valence-corrected chi connectivity index (χ3v) is 4.65. The number of hydrogen-bond acceptors (Lipinski definition) is 2. The van der Waals surface area contributed by atoms with E-state index in [-0.39, 0.29) is 6.10 Å². The van der Waals surface area contributed by atoms with Gasteiger partial charge in [0, 0.05) is 12.6 Å². The molecular weight excluding hydrogens is 222 g/mol. The lowest BCUT2D eigenvalue weighted by molar-refractivity contribution is 0.0305. The number of likely N-dealkylation sites (tertiary alicyclic amines) is 1. The van der Waals surface area contributed by atoms with Gasteiger partial charge in [0.05, 0.1) is 6.10 Å². The van der Waals surface area contributed by atoms with Gasteiger partial charge in [-0.3, -0.25) is 4.90 Å². The molecule has 0 amide bonds. The zero-order valence-electron chi connectivity index (χ0n) is 11.0. The van der Waals surface area contributed by atoms with Crippen LogP contribution in [0.3, 0.4) is 0 Å². The summed E-state index contributed by atoms with van der Waals surface area (Å²) in [6, 6.07) is 11.3. The van der Waals surface area contributed by atoms with Crippen molar-refractivity contribution in [1.29, 1.82) is 0 Å². The van der Waals surface area contributed by atoms with E-state index in [0.29, 0.717) is 12.0 Å². The van der Waals surface area contributed by atoms with Crippen LogP contribution < -0.4 is 0 Å². The summed E-state index contributed by atoms with van der Waals surface area (Å²) in [5.41, 5.74) is 1.46. The molecule has 0 spiro atoms. The Morgan fingerprint density at radius 3 is 2.56 bits per heavy atom. The maximum absolute atomic E-state index is 10.1. The highest BCUT2D eigenvalue weighted by Gasteiger charge is 2.33. The molecule has 1 saturated heterocycles. The molecule has 1 aromatic rings. The first kappa shape index (κ1) is 12.2. The van der Waals surface area contributed by atoms with Gasteiger partial charge in [-0.1, -0.05) is 43.2 Å². The minimum atomic E-state index is -0.0896. The lowest BCUT2D eigenvalue weighted by Crippen LogP contribution is -2.44. The number of nitrogens with zero attached hydrogens (tertiary/aromatic N) is 1. The van der Waals surface area contributed by atoms with Crippen molar-refractivity contribution in [2.45, 2.75) is 50.2 Å². The molecule has 2 fully saturated rings. The molecule has 0 radical (unpaired) electrons. The molecule has 0 aromatic heterocycles. The first-order chi connectivity index (χ1) is 8.84. The Bertz CT molecular complexity index is 378. The van der Waals surface area contributed by atoms with E-state index in [0.717, 1.165) is 19.5 Å². The van der Waals surface area contributed by atoms with Gasteiger partial charge >= 0.3 is 0 Å². The van der Waals surface area contributed by atoms with Crippen molar-refractivity contribution >= 4 is 0 Å². The molecule has 1 aromatic carbocycles. The topological polar surface area (TPSA) is 23.5 Å². The molecule has 3 atom stereocenters. The van der Waals surface area contributed by atoms with E-state index in [1.54, 1.807) is 0 Å². The average molecular weight is 245 g/mol. The van der Waals surface area contributed by atoms with Crippen LogP contribution in [-0.2, 0) is 0 Å². The van der Waals surface area contributed by atoms with Crippen LogP contribution in [0.4, 0.5) is 0 Å². The van der Waals surface area contributed by atoms with Gasteiger partial charge in [0.2, 0.25) is 0 Å². The molecule has 1 heterocycles. The van der Waals surface area contributed by atoms with E-state index < -0.39 is 0 Å². The molecule has 2 aliphatic rings. The van der Waals surface area contributed by atoms with Crippen molar-refractivity contribution in [3.05, 3.63) is 35.9 Å². The Hall–Kier alpha value is -0.860. The quantitative estimate of drug-likeness (QED) is 0.866. The first-order valence-corrected chi connectivity index (χ1v) is 7.31. The van der Waals surface area contributed by atoms with E-state index in [9.17, 15) is 5.11 Å². The van der Waals surface area contributed by atoms with Gasteiger partial charge in [-0.25, -0.2) is 0 Å². The molecule has 3 rings (SSSR count). The van der Waals surface area contributed by atoms with E-state index in [2.05, 4.69) is 35.2 Å². The highest BCUT2D eigenvalue weighted by Crippen LogP contribution is 2.32. The lowest BCUT2D eigenvalue weighted by atomic mass is 9.91. The molecule has 1 N–H and O–H groups in total. The summed E-state index contributed by atoms with van der Waals surface area (Å²) in [6.45, 7) is 2.28. The fraction of sp³-hybridized carbons (Fsp3) is 0.625. The maximum Gasteiger partial charge on any atom is 0.0695 e. The van der Waals surface area contributed by atoms with Gasteiger partial charge in [0.1, 0.15) is 0 Å². The Labute approximate surface area is 110 Å². The van der Waals surface area contributed by atoms with E-state index in [1.807, 2.05) is 0 Å². The minimum absolute atomic E-state index is 0.0896. The smallest absolute Gasteiger partial charge is 0.0695 e. The second-order valence-corrected chi connectivity index (χ2v) is 5.81. The SMILES string of the molecule is O[C@@H]1CCCC[C@@H]1N1CC[C@@H](c2ccccc2)C1. The molecule has 2 heteroatoms. The van der Waals surface area contributed by atoms with Gasteiger partial charge in [-0.2, -0.15) is 0 Å². The van der Waals surface area contributed by atoms with Gasteiger partial charge in [0.25, 0.3) is 0 Å². The summed E-state index contributed by atoms with van der Waals surface area (Å²) in [4.78, 5) is 2.53. The van der Waals surface area contributed by atoms with Crippen LogP contribution in [0.15, 0.2) is 30.3 Å². The van der Waals surface area contributed by atoms with E-state index in [1.165, 1.54) is 31.2 Å². The normalized spacial score (nSPS) is 33.7. The molecule has 2 nitrogen and oxygen atoms in total. The fourth-order valence-electron chi connectivity index (χ4n) is 3.60. The Balaban J connectivity index is 1.64. The van der Waals surface area contributed by atoms with Crippen molar-refractivity contribution in [1.82, 2.24) is 4.90 Å². The predicted molar refractivity (Wildman–Crippen MR) is 73.6 cm³/mol. The highest BCUT2D eigenvalue weighted by atomic mass is 16.3. The van der Waals surface area contributed by atoms with E-state index >= 15 is 0 Å². The molecule has 98 valence electrons. The Kier molecular flexibility index (Phi) is 3.67. The zero-order valence-corrected chi connectivity index (χ0v) is 11.0. The minimum Gasteiger partial charge on any atom is -0.391 e. The van der Waals surface area contributed by atoms with Crippen LogP contribution in [0.5, 0.6) is 0 Å². The van der Waals surface area contributed by atoms with Gasteiger partial charge in [-0.05, 0) is 37.3 Å². The van der Waals surface area contributed by atoms with Crippen molar-refractivity contribution in [3.63, 3.8) is 0 Å². The van der Waals surface area contributed by atoms with Crippen molar-refractivity contribution < 1.29 is 5.11 Å². The Morgan fingerprint density at radius 2 is 1.78 bits per heavy atom. The van der Waals surface area contributed by atoms with Crippen LogP contribution in [0.2, 0.25) is 0 Å². The number of benzene rings is 1. The van der Waals surface area contributed by atoms with Crippen molar-refractivity contribution in [2.24, 2.45) is 0 Å². The number of rotatable bonds is 2. The zero-order chi connectivity index (χ0) is 12.4. The average Bonchev–Trinajstić information content (AvgIpc) is 2.90. The number of hydrogen-bond donors (Lipinski definition) is 1. The number of aliphatic hydroxyl groups excluding tert-OH is 1. The van der Waals surface area contributed by atoms with Gasteiger partial charge in [0.15, 0.2) is 0 Å². The van der Waals surface area contributed by atoms with Gasteiger partial charge in [-0.15, -0.1) is 0 Å². The van der Waals surface area contributed by atoms with E-state index in [4.69, 9.17) is 0 Å². The maximum atomic E-state index is 10.1. The third-order valence-electron chi connectivity index (χ3n) is 4.65. The lowest BCUT2D eigenvalue weighted by Gasteiger charge is -2.35. The highest BCUT2D eigenvalue weighted by molar-refractivity contribution is 5.21. The molecule has 1 aliphatic heterocycles. The van der Waals surface area contributed by atoms with Crippen molar-refractivity contribution in [2.75, 3.05) is 13.1 Å². The second kappa shape index (κ2) is 5.41. The van der Waals surface area contributed by atoms with Crippen LogP contribution in [0.1, 0.15) is 43.6 Å². The van der Waals surface area contributed by atoms with Crippen LogP contribution in [0, 0.1) is 0 Å². The van der Waals surface area contributed by atoms with Gasteiger partial charge < -0.3 is 5.11 Å². The molecule has 1 aliphatic carbocycles. The summed E-state index contributed by atoms with van der Waals surface area (Å²) in [6.07, 6.45) is 5.82. The standard InChI is InChI=1S/C16H23NO/c18-16-9-5-4-8-15(16)17-11-10-14(12-17)13-6-2-1-3-7-13/h1-3,6-7,14-16,18H,4-5,8-12H2/t14-,15+,16-/m1/s1. The summed E-state index contributed by atoms with van der Waals surface area (Å²) in [7, 11) is 0. The summed E-state index contributed by atoms with van der Waals surface area (Å²) in [5, 5.41) is 10.1. The summed E-state index contributed by atoms with van der Waals surface area (Å²) < 4.78 is 0. The van der Waals surface area contributed by atoms with Crippen LogP contribution >= 0.6 is 0 Å². The fourth-order valence-corrected chi connectivity index (χ4v) is 3.60. The summed E-state index contributed by atoms with van der Waals surface area (Å²) in [5.74, 6) is 0.667. The Morgan fingerprint density at radius 1 is 1.00 bits per heavy atom.